The Balaban J connectivity index is 1.79. The van der Waals surface area contributed by atoms with Crippen LogP contribution in [0, 0.1) is 5.92 Å². The molecule has 0 bridgehead atoms. The molecule has 0 saturated carbocycles. The zero-order valence-corrected chi connectivity index (χ0v) is 14.2. The van der Waals surface area contributed by atoms with E-state index >= 15 is 0 Å². The topological polar surface area (TPSA) is 49.4 Å². The second kappa shape index (κ2) is 6.67. The molecule has 2 heterocycles. The molecule has 0 spiro atoms. The number of thiophene rings is 1. The van der Waals surface area contributed by atoms with E-state index in [2.05, 4.69) is 32.5 Å². The van der Waals surface area contributed by atoms with Gasteiger partial charge in [-0.3, -0.25) is 0 Å². The second-order valence-electron chi connectivity index (χ2n) is 4.98. The van der Waals surface area contributed by atoms with Crippen LogP contribution in [-0.2, 0) is 10.0 Å². The first-order valence-electron chi connectivity index (χ1n) is 6.45. The fraction of sp³-hybridized carbons (Fsp3) is 0.667. The van der Waals surface area contributed by atoms with Crippen molar-refractivity contribution in [2.75, 3.05) is 26.2 Å². The van der Waals surface area contributed by atoms with Crippen molar-refractivity contribution in [2.24, 2.45) is 5.92 Å². The molecule has 108 valence electrons. The largest absolute Gasteiger partial charge is 0.302 e. The lowest BCUT2D eigenvalue weighted by Gasteiger charge is -2.30. The van der Waals surface area contributed by atoms with Crippen LogP contribution in [0.1, 0.15) is 19.8 Å². The summed E-state index contributed by atoms with van der Waals surface area (Å²) in [6.07, 6.45) is 2.43. The molecule has 7 heteroatoms. The van der Waals surface area contributed by atoms with E-state index in [0.717, 1.165) is 29.3 Å². The second-order valence-corrected chi connectivity index (χ2v) is 9.44. The van der Waals surface area contributed by atoms with Gasteiger partial charge in [0, 0.05) is 13.1 Å². The number of hydrogen-bond donors (Lipinski definition) is 1. The summed E-state index contributed by atoms with van der Waals surface area (Å²) < 4.78 is 27.9. The van der Waals surface area contributed by atoms with Gasteiger partial charge >= 0.3 is 0 Å². The Kier molecular flexibility index (Phi) is 5.42. The minimum Gasteiger partial charge on any atom is -0.302 e. The van der Waals surface area contributed by atoms with Crippen LogP contribution in [0.2, 0.25) is 0 Å². The van der Waals surface area contributed by atoms with Crippen LogP contribution >= 0.6 is 27.3 Å². The highest BCUT2D eigenvalue weighted by atomic mass is 79.9. The predicted octanol–water partition coefficient (Wildman–Crippen LogP) is 2.52. The highest BCUT2D eigenvalue weighted by Crippen LogP contribution is 2.25. The van der Waals surface area contributed by atoms with Gasteiger partial charge in [-0.15, -0.1) is 11.3 Å². The Bertz CT molecular complexity index is 508. The van der Waals surface area contributed by atoms with Crippen molar-refractivity contribution in [3.8, 4) is 0 Å². The third-order valence-electron chi connectivity index (χ3n) is 3.41. The maximum absolute atomic E-state index is 12.0. The average molecular weight is 367 g/mol. The molecule has 1 N–H and O–H groups in total. The standard InChI is InChI=1S/C12H19BrN2O2S2/c1-10-4-7-15(8-5-10)9-6-14-19(16,17)12-3-2-11(13)18-12/h2-3,10,14H,4-9H2,1H3. The van der Waals surface area contributed by atoms with E-state index in [9.17, 15) is 8.42 Å². The fourth-order valence-corrected chi connectivity index (χ4v) is 5.21. The van der Waals surface area contributed by atoms with E-state index in [1.807, 2.05) is 0 Å². The van der Waals surface area contributed by atoms with Gasteiger partial charge in [0.1, 0.15) is 4.21 Å². The van der Waals surface area contributed by atoms with Crippen molar-refractivity contribution in [1.29, 1.82) is 0 Å². The van der Waals surface area contributed by atoms with Gasteiger partial charge in [-0.2, -0.15) is 0 Å². The first kappa shape index (κ1) is 15.4. The minimum absolute atomic E-state index is 0.367. The number of sulfonamides is 1. The van der Waals surface area contributed by atoms with Crippen LogP contribution in [0.3, 0.4) is 0 Å². The first-order valence-corrected chi connectivity index (χ1v) is 9.54. The zero-order chi connectivity index (χ0) is 13.9. The quantitative estimate of drug-likeness (QED) is 0.870. The van der Waals surface area contributed by atoms with Crippen molar-refractivity contribution in [3.63, 3.8) is 0 Å². The van der Waals surface area contributed by atoms with Gasteiger partial charge in [0.15, 0.2) is 0 Å². The van der Waals surface area contributed by atoms with E-state index in [0.29, 0.717) is 10.8 Å². The maximum atomic E-state index is 12.0. The summed E-state index contributed by atoms with van der Waals surface area (Å²) in [5.74, 6) is 0.802. The zero-order valence-electron chi connectivity index (χ0n) is 10.9. The molecule has 1 aromatic rings. The van der Waals surface area contributed by atoms with Crippen molar-refractivity contribution >= 4 is 37.3 Å². The van der Waals surface area contributed by atoms with E-state index in [-0.39, 0.29) is 0 Å². The Hall–Kier alpha value is 0.0500. The lowest BCUT2D eigenvalue weighted by Crippen LogP contribution is -2.39. The molecule has 0 unspecified atom stereocenters. The molecule has 19 heavy (non-hydrogen) atoms. The minimum atomic E-state index is -3.34. The van der Waals surface area contributed by atoms with Gasteiger partial charge in [-0.1, -0.05) is 6.92 Å². The molecule has 0 atom stereocenters. The van der Waals surface area contributed by atoms with Crippen LogP contribution in [-0.4, -0.2) is 39.5 Å². The van der Waals surface area contributed by atoms with Crippen molar-refractivity contribution in [2.45, 2.75) is 24.0 Å². The lowest BCUT2D eigenvalue weighted by atomic mass is 9.99. The van der Waals surface area contributed by atoms with E-state index < -0.39 is 10.0 Å². The normalized spacial score (nSPS) is 18.8. The highest BCUT2D eigenvalue weighted by Gasteiger charge is 2.18. The Morgan fingerprint density at radius 2 is 2.11 bits per heavy atom. The van der Waals surface area contributed by atoms with Crippen molar-refractivity contribution < 1.29 is 8.42 Å². The van der Waals surface area contributed by atoms with Crippen molar-refractivity contribution in [3.05, 3.63) is 15.9 Å². The third-order valence-corrected chi connectivity index (χ3v) is 6.99. The number of likely N-dealkylation sites (tertiary alicyclic amines) is 1. The number of hydrogen-bond acceptors (Lipinski definition) is 4. The predicted molar refractivity (Wildman–Crippen MR) is 82.0 cm³/mol. The van der Waals surface area contributed by atoms with E-state index in [1.54, 1.807) is 12.1 Å². The van der Waals surface area contributed by atoms with Gasteiger partial charge in [0.2, 0.25) is 10.0 Å². The molecule has 0 radical (unpaired) electrons. The summed E-state index contributed by atoms with van der Waals surface area (Å²) in [6, 6.07) is 3.38. The fourth-order valence-electron chi connectivity index (χ4n) is 2.14. The maximum Gasteiger partial charge on any atom is 0.250 e. The number of halogens is 1. The molecular weight excluding hydrogens is 348 g/mol. The van der Waals surface area contributed by atoms with Crippen LogP contribution in [0.25, 0.3) is 0 Å². The SMILES string of the molecule is CC1CCN(CCNS(=O)(=O)c2ccc(Br)s2)CC1. The molecule has 2 rings (SSSR count). The monoisotopic (exact) mass is 366 g/mol. The summed E-state index contributed by atoms with van der Waals surface area (Å²) in [4.78, 5) is 2.33. The summed E-state index contributed by atoms with van der Waals surface area (Å²) in [5, 5.41) is 0. The van der Waals surface area contributed by atoms with Gasteiger partial charge in [-0.05, 0) is 59.9 Å². The van der Waals surface area contributed by atoms with Gasteiger partial charge < -0.3 is 4.90 Å². The molecule has 1 aromatic heterocycles. The van der Waals surface area contributed by atoms with Gasteiger partial charge in [0.25, 0.3) is 0 Å². The summed E-state index contributed by atoms with van der Waals surface area (Å²) in [7, 11) is -3.34. The summed E-state index contributed by atoms with van der Waals surface area (Å²) in [5.41, 5.74) is 0. The molecule has 1 aliphatic heterocycles. The molecule has 1 fully saturated rings. The summed E-state index contributed by atoms with van der Waals surface area (Å²) >= 11 is 4.51. The summed E-state index contributed by atoms with van der Waals surface area (Å²) in [6.45, 7) is 5.69. The Labute approximate surface area is 127 Å². The van der Waals surface area contributed by atoms with E-state index in [1.165, 1.54) is 24.2 Å². The number of nitrogens with one attached hydrogen (secondary N) is 1. The Morgan fingerprint density at radius 3 is 2.68 bits per heavy atom. The molecular formula is C12H19BrN2O2S2. The molecule has 4 nitrogen and oxygen atoms in total. The molecule has 0 amide bonds. The van der Waals surface area contributed by atoms with Crippen LogP contribution in [0.4, 0.5) is 0 Å². The molecule has 1 aliphatic rings. The number of nitrogens with zero attached hydrogens (tertiary/aromatic N) is 1. The van der Waals surface area contributed by atoms with Gasteiger partial charge in [-0.25, -0.2) is 13.1 Å². The number of rotatable bonds is 5. The molecule has 0 aliphatic carbocycles. The van der Waals surface area contributed by atoms with Crippen LogP contribution in [0.15, 0.2) is 20.1 Å². The van der Waals surface area contributed by atoms with Crippen molar-refractivity contribution in [1.82, 2.24) is 9.62 Å². The first-order chi connectivity index (χ1) is 8.97. The molecule has 0 aromatic carbocycles. The highest BCUT2D eigenvalue weighted by molar-refractivity contribution is 9.11. The van der Waals surface area contributed by atoms with Crippen LogP contribution in [0.5, 0.6) is 0 Å². The average Bonchev–Trinajstić information content (AvgIpc) is 2.79. The Morgan fingerprint density at radius 1 is 1.42 bits per heavy atom. The van der Waals surface area contributed by atoms with Crippen LogP contribution < -0.4 is 4.72 Å². The smallest absolute Gasteiger partial charge is 0.250 e. The molecule has 1 saturated heterocycles. The number of piperidine rings is 1. The lowest BCUT2D eigenvalue weighted by molar-refractivity contribution is 0.195. The third kappa shape index (κ3) is 4.53. The van der Waals surface area contributed by atoms with Gasteiger partial charge in [0.05, 0.1) is 3.79 Å². The van der Waals surface area contributed by atoms with E-state index in [4.69, 9.17) is 0 Å².